The summed E-state index contributed by atoms with van der Waals surface area (Å²) < 4.78 is 55.8. The van der Waals surface area contributed by atoms with Gasteiger partial charge in [0.05, 0.1) is 0 Å². The lowest BCUT2D eigenvalue weighted by Gasteiger charge is -2.32. The third-order valence-electron chi connectivity index (χ3n) is 2.74. The Bertz CT molecular complexity index is 484. The van der Waals surface area contributed by atoms with E-state index in [1.807, 2.05) is 0 Å². The molecular weight excluding hydrogens is 256 g/mol. The highest BCUT2D eigenvalue weighted by Crippen LogP contribution is 2.39. The molecule has 0 unspecified atom stereocenters. The van der Waals surface area contributed by atoms with E-state index in [0.717, 1.165) is 6.07 Å². The Morgan fingerprint density at radius 3 is 2.61 bits per heavy atom. The summed E-state index contributed by atoms with van der Waals surface area (Å²) in [4.78, 5) is 10.8. The molecule has 18 heavy (non-hydrogen) atoms. The molecule has 1 N–H and O–H groups in total. The number of hydrogen-bond acceptors (Lipinski definition) is 2. The SMILES string of the molecule is O=C(O)[C@@H]1Cc2cccc(F)c2O[C@@H]1C(F)(F)F. The number of carbonyl (C=O) groups is 1. The Morgan fingerprint density at radius 1 is 1.39 bits per heavy atom. The van der Waals surface area contributed by atoms with Crippen molar-refractivity contribution in [1.82, 2.24) is 0 Å². The van der Waals surface area contributed by atoms with Crippen molar-refractivity contribution in [3.63, 3.8) is 0 Å². The summed E-state index contributed by atoms with van der Waals surface area (Å²) >= 11 is 0. The number of carboxylic acid groups (broad SMARTS) is 1. The van der Waals surface area contributed by atoms with Crippen molar-refractivity contribution in [2.24, 2.45) is 5.92 Å². The van der Waals surface area contributed by atoms with Gasteiger partial charge in [-0.3, -0.25) is 4.79 Å². The van der Waals surface area contributed by atoms with Gasteiger partial charge in [-0.2, -0.15) is 13.2 Å². The lowest BCUT2D eigenvalue weighted by Crippen LogP contribution is -2.47. The second kappa shape index (κ2) is 4.15. The predicted octanol–water partition coefficient (Wildman–Crippen LogP) is 2.39. The maximum absolute atomic E-state index is 13.3. The summed E-state index contributed by atoms with van der Waals surface area (Å²) in [5, 5.41) is 8.79. The smallest absolute Gasteiger partial charge is 0.426 e. The number of aliphatic carboxylic acids is 1. The molecule has 1 heterocycles. The molecular formula is C11H8F4O3. The number of benzene rings is 1. The highest BCUT2D eigenvalue weighted by atomic mass is 19.4. The zero-order valence-electron chi connectivity index (χ0n) is 8.87. The van der Waals surface area contributed by atoms with E-state index in [2.05, 4.69) is 4.74 Å². The van der Waals surface area contributed by atoms with E-state index < -0.39 is 42.2 Å². The Balaban J connectivity index is 2.44. The summed E-state index contributed by atoms with van der Waals surface area (Å²) in [7, 11) is 0. The fourth-order valence-corrected chi connectivity index (χ4v) is 1.91. The monoisotopic (exact) mass is 264 g/mol. The van der Waals surface area contributed by atoms with Crippen LogP contribution in [0.2, 0.25) is 0 Å². The van der Waals surface area contributed by atoms with Gasteiger partial charge < -0.3 is 9.84 Å². The average molecular weight is 264 g/mol. The maximum atomic E-state index is 13.3. The van der Waals surface area contributed by atoms with Crippen molar-refractivity contribution < 1.29 is 32.2 Å². The lowest BCUT2D eigenvalue weighted by atomic mass is 9.90. The van der Waals surface area contributed by atoms with E-state index in [9.17, 15) is 22.4 Å². The van der Waals surface area contributed by atoms with Gasteiger partial charge in [0.2, 0.25) is 6.10 Å². The minimum atomic E-state index is -4.86. The summed E-state index contributed by atoms with van der Waals surface area (Å²) in [6.07, 6.45) is -7.80. The minimum Gasteiger partial charge on any atom is -0.481 e. The number of halogens is 4. The van der Waals surface area contributed by atoms with Gasteiger partial charge in [0.25, 0.3) is 0 Å². The van der Waals surface area contributed by atoms with Gasteiger partial charge in [0.1, 0.15) is 5.92 Å². The molecule has 2 atom stereocenters. The molecule has 0 saturated heterocycles. The van der Waals surface area contributed by atoms with Crippen LogP contribution in [0.15, 0.2) is 18.2 Å². The third kappa shape index (κ3) is 2.12. The van der Waals surface area contributed by atoms with Crippen LogP contribution < -0.4 is 4.74 Å². The van der Waals surface area contributed by atoms with Crippen LogP contribution in [0.25, 0.3) is 0 Å². The van der Waals surface area contributed by atoms with Crippen molar-refractivity contribution in [1.29, 1.82) is 0 Å². The molecule has 0 aliphatic carbocycles. The summed E-state index contributed by atoms with van der Waals surface area (Å²) in [5.74, 6) is -4.82. The van der Waals surface area contributed by atoms with Gasteiger partial charge in [-0.1, -0.05) is 12.1 Å². The van der Waals surface area contributed by atoms with Crippen molar-refractivity contribution in [2.45, 2.75) is 18.7 Å². The van der Waals surface area contributed by atoms with Crippen molar-refractivity contribution in [3.8, 4) is 5.75 Å². The van der Waals surface area contributed by atoms with Gasteiger partial charge in [-0.05, 0) is 18.1 Å². The first kappa shape index (κ1) is 12.7. The Kier molecular flexibility index (Phi) is 2.92. The van der Waals surface area contributed by atoms with Crippen LogP contribution in [0, 0.1) is 11.7 Å². The van der Waals surface area contributed by atoms with Crippen molar-refractivity contribution >= 4 is 5.97 Å². The van der Waals surface area contributed by atoms with Gasteiger partial charge in [-0.25, -0.2) is 4.39 Å². The first-order chi connectivity index (χ1) is 8.30. The van der Waals surface area contributed by atoms with E-state index in [4.69, 9.17) is 5.11 Å². The molecule has 0 saturated carbocycles. The molecule has 0 bridgehead atoms. The standard InChI is InChI=1S/C11H8F4O3/c12-7-3-1-2-5-4-6(10(16)17)9(11(13,14)15)18-8(5)7/h1-3,6,9H,4H2,(H,16,17)/t6-,9+/m1/s1. The van der Waals surface area contributed by atoms with Crippen LogP contribution in [0.3, 0.4) is 0 Å². The highest BCUT2D eigenvalue weighted by molar-refractivity contribution is 5.72. The fraction of sp³-hybridized carbons (Fsp3) is 0.364. The molecule has 2 rings (SSSR count). The van der Waals surface area contributed by atoms with Crippen LogP contribution in [-0.2, 0) is 11.2 Å². The molecule has 98 valence electrons. The molecule has 1 aliphatic rings. The molecule has 1 aliphatic heterocycles. The van der Waals surface area contributed by atoms with Crippen LogP contribution in [-0.4, -0.2) is 23.4 Å². The number of rotatable bonds is 1. The Morgan fingerprint density at radius 2 is 2.06 bits per heavy atom. The zero-order valence-corrected chi connectivity index (χ0v) is 8.87. The summed E-state index contributed by atoms with van der Waals surface area (Å²) in [6, 6.07) is 3.61. The van der Waals surface area contributed by atoms with Gasteiger partial charge in [-0.15, -0.1) is 0 Å². The number of hydrogen-bond donors (Lipinski definition) is 1. The van der Waals surface area contributed by atoms with Crippen molar-refractivity contribution in [3.05, 3.63) is 29.6 Å². The van der Waals surface area contributed by atoms with Crippen LogP contribution >= 0.6 is 0 Å². The van der Waals surface area contributed by atoms with Crippen molar-refractivity contribution in [2.75, 3.05) is 0 Å². The maximum Gasteiger partial charge on any atom is 0.426 e. The molecule has 1 aromatic rings. The molecule has 3 nitrogen and oxygen atoms in total. The van der Waals surface area contributed by atoms with E-state index >= 15 is 0 Å². The summed E-state index contributed by atoms with van der Waals surface area (Å²) in [5.41, 5.74) is 0.128. The predicted molar refractivity (Wildman–Crippen MR) is 51.7 cm³/mol. The molecule has 0 radical (unpaired) electrons. The second-order valence-corrected chi connectivity index (χ2v) is 3.96. The van der Waals surface area contributed by atoms with E-state index in [1.54, 1.807) is 0 Å². The molecule has 0 aromatic heterocycles. The highest BCUT2D eigenvalue weighted by Gasteiger charge is 2.52. The average Bonchev–Trinajstić information content (AvgIpc) is 2.26. The Labute approximate surface area is 99.0 Å². The minimum absolute atomic E-state index is 0.128. The number of alkyl halides is 3. The first-order valence-electron chi connectivity index (χ1n) is 5.04. The molecule has 0 spiro atoms. The number of para-hydroxylation sites is 1. The molecule has 0 amide bonds. The lowest BCUT2D eigenvalue weighted by molar-refractivity contribution is -0.218. The van der Waals surface area contributed by atoms with Crippen LogP contribution in [0.1, 0.15) is 5.56 Å². The van der Waals surface area contributed by atoms with E-state index in [0.29, 0.717) is 0 Å². The summed E-state index contributed by atoms with van der Waals surface area (Å²) in [6.45, 7) is 0. The van der Waals surface area contributed by atoms with Crippen LogP contribution in [0.4, 0.5) is 17.6 Å². The number of carboxylic acids is 1. The Hall–Kier alpha value is -1.79. The van der Waals surface area contributed by atoms with Crippen LogP contribution in [0.5, 0.6) is 5.75 Å². The van der Waals surface area contributed by atoms with Gasteiger partial charge in [0, 0.05) is 0 Å². The number of ether oxygens (including phenoxy) is 1. The fourth-order valence-electron chi connectivity index (χ4n) is 1.91. The topological polar surface area (TPSA) is 46.5 Å². The van der Waals surface area contributed by atoms with Gasteiger partial charge >= 0.3 is 12.1 Å². The quantitative estimate of drug-likeness (QED) is 0.792. The zero-order chi connectivity index (χ0) is 13.5. The van der Waals surface area contributed by atoms with E-state index in [-0.39, 0.29) is 5.56 Å². The number of fused-ring (bicyclic) bond motifs is 1. The first-order valence-corrected chi connectivity index (χ1v) is 5.04. The molecule has 0 fully saturated rings. The normalized spacial score (nSPS) is 23.1. The molecule has 7 heteroatoms. The second-order valence-electron chi connectivity index (χ2n) is 3.96. The van der Waals surface area contributed by atoms with Gasteiger partial charge in [0.15, 0.2) is 11.6 Å². The third-order valence-corrected chi connectivity index (χ3v) is 2.74. The molecule has 1 aromatic carbocycles. The largest absolute Gasteiger partial charge is 0.481 e. The van der Waals surface area contributed by atoms with E-state index in [1.165, 1.54) is 12.1 Å².